The van der Waals surface area contributed by atoms with Crippen LogP contribution in [0, 0.1) is 0 Å². The molecule has 0 amide bonds. The monoisotopic (exact) mass is 274 g/mol. The van der Waals surface area contributed by atoms with Gasteiger partial charge >= 0.3 is 0 Å². The quantitative estimate of drug-likeness (QED) is 0.924. The first-order valence-corrected chi connectivity index (χ1v) is 6.63. The maximum absolute atomic E-state index is 4.05. The first-order valence-electron chi connectivity index (χ1n) is 6.63. The average molecular weight is 275 g/mol. The highest BCUT2D eigenvalue weighted by molar-refractivity contribution is 5.85. The Morgan fingerprint density at radius 2 is 1.89 bits per heavy atom. The molecule has 1 aromatic heterocycles. The molecule has 1 N–H and O–H groups in total. The molecule has 0 spiro atoms. The van der Waals surface area contributed by atoms with E-state index in [9.17, 15) is 0 Å². The second kappa shape index (κ2) is 6.69. The first-order chi connectivity index (χ1) is 8.93. The second-order valence-electron chi connectivity index (χ2n) is 4.88. The van der Waals surface area contributed by atoms with Gasteiger partial charge in [-0.1, -0.05) is 24.3 Å². The number of hydrogen-bond donors (Lipinski definition) is 1. The Kier molecular flexibility index (Phi) is 4.94. The lowest BCUT2D eigenvalue weighted by molar-refractivity contribution is 0.459. The van der Waals surface area contributed by atoms with Crippen LogP contribution in [0.15, 0.2) is 48.8 Å². The van der Waals surface area contributed by atoms with E-state index >= 15 is 0 Å². The van der Waals surface area contributed by atoms with Gasteiger partial charge in [0.2, 0.25) is 0 Å². The highest BCUT2D eigenvalue weighted by atomic mass is 35.5. The minimum atomic E-state index is 0. The normalized spacial score (nSPS) is 17.4. The summed E-state index contributed by atoms with van der Waals surface area (Å²) in [5.41, 5.74) is 4.29. The second-order valence-corrected chi connectivity index (χ2v) is 4.88. The number of halogens is 1. The van der Waals surface area contributed by atoms with Gasteiger partial charge in [-0.25, -0.2) is 0 Å². The van der Waals surface area contributed by atoms with Gasteiger partial charge in [0.15, 0.2) is 0 Å². The first kappa shape index (κ1) is 14.0. The van der Waals surface area contributed by atoms with Crippen molar-refractivity contribution >= 4 is 12.4 Å². The van der Waals surface area contributed by atoms with Gasteiger partial charge in [0, 0.05) is 25.0 Å². The summed E-state index contributed by atoms with van der Waals surface area (Å²) >= 11 is 0. The molecule has 3 heteroatoms. The topological polar surface area (TPSA) is 24.9 Å². The van der Waals surface area contributed by atoms with Crippen LogP contribution >= 0.6 is 12.4 Å². The third kappa shape index (κ3) is 3.34. The standard InChI is InChI=1S/C16H18N2.ClH/c1-2-6-15-14(4-1)5-3-7-16(15)18-12-13-8-10-17-11-9-13;/h1-2,4,6,8-11,16,18H,3,5,7,12H2;1H. The number of rotatable bonds is 3. The summed E-state index contributed by atoms with van der Waals surface area (Å²) in [6, 6.07) is 13.5. The molecule has 1 unspecified atom stereocenters. The predicted octanol–water partition coefficient (Wildman–Crippen LogP) is 3.67. The van der Waals surface area contributed by atoms with Crippen LogP contribution in [-0.4, -0.2) is 4.98 Å². The molecule has 1 heterocycles. The third-order valence-electron chi connectivity index (χ3n) is 3.67. The molecule has 1 aromatic carbocycles. The van der Waals surface area contributed by atoms with E-state index in [0.29, 0.717) is 6.04 Å². The summed E-state index contributed by atoms with van der Waals surface area (Å²) in [6.45, 7) is 0.918. The van der Waals surface area contributed by atoms with Gasteiger partial charge in [0.05, 0.1) is 0 Å². The van der Waals surface area contributed by atoms with Crippen LogP contribution in [-0.2, 0) is 13.0 Å². The van der Waals surface area contributed by atoms with E-state index in [2.05, 4.69) is 46.7 Å². The molecule has 1 aliphatic rings. The lowest BCUT2D eigenvalue weighted by Gasteiger charge is -2.26. The van der Waals surface area contributed by atoms with Crippen molar-refractivity contribution in [3.63, 3.8) is 0 Å². The SMILES string of the molecule is Cl.c1ccc2c(c1)CCCC2NCc1ccncc1. The Balaban J connectivity index is 0.00000133. The van der Waals surface area contributed by atoms with Crippen molar-refractivity contribution < 1.29 is 0 Å². The summed E-state index contributed by atoms with van der Waals surface area (Å²) in [5.74, 6) is 0. The Morgan fingerprint density at radius 1 is 1.11 bits per heavy atom. The van der Waals surface area contributed by atoms with Crippen molar-refractivity contribution in [1.29, 1.82) is 0 Å². The summed E-state index contributed by atoms with van der Waals surface area (Å²) in [6.07, 6.45) is 7.45. The Labute approximate surface area is 120 Å². The van der Waals surface area contributed by atoms with E-state index in [4.69, 9.17) is 0 Å². The molecule has 3 rings (SSSR count). The van der Waals surface area contributed by atoms with Gasteiger partial charge in [0.1, 0.15) is 0 Å². The number of nitrogens with one attached hydrogen (secondary N) is 1. The van der Waals surface area contributed by atoms with Gasteiger partial charge < -0.3 is 5.32 Å². The highest BCUT2D eigenvalue weighted by Crippen LogP contribution is 2.29. The van der Waals surface area contributed by atoms with Crippen LogP contribution < -0.4 is 5.32 Å². The summed E-state index contributed by atoms with van der Waals surface area (Å²) in [4.78, 5) is 4.05. The van der Waals surface area contributed by atoms with Gasteiger partial charge in [-0.05, 0) is 48.1 Å². The van der Waals surface area contributed by atoms with E-state index < -0.39 is 0 Å². The Bertz CT molecular complexity index is 513. The van der Waals surface area contributed by atoms with Crippen molar-refractivity contribution in [2.75, 3.05) is 0 Å². The van der Waals surface area contributed by atoms with Crippen molar-refractivity contribution in [1.82, 2.24) is 10.3 Å². The van der Waals surface area contributed by atoms with Crippen LogP contribution in [0.2, 0.25) is 0 Å². The zero-order valence-electron chi connectivity index (χ0n) is 10.9. The van der Waals surface area contributed by atoms with Crippen molar-refractivity contribution in [2.24, 2.45) is 0 Å². The lowest BCUT2D eigenvalue weighted by atomic mass is 9.87. The van der Waals surface area contributed by atoms with Gasteiger partial charge in [-0.15, -0.1) is 12.4 Å². The zero-order valence-corrected chi connectivity index (χ0v) is 11.7. The predicted molar refractivity (Wildman–Crippen MR) is 80.4 cm³/mol. The van der Waals surface area contributed by atoms with Crippen molar-refractivity contribution in [2.45, 2.75) is 31.8 Å². The minimum absolute atomic E-state index is 0. The molecule has 100 valence electrons. The lowest BCUT2D eigenvalue weighted by Crippen LogP contribution is -2.24. The molecule has 0 fully saturated rings. The van der Waals surface area contributed by atoms with Crippen LogP contribution in [0.25, 0.3) is 0 Å². The molecule has 0 saturated carbocycles. The number of aryl methyl sites for hydroxylation is 1. The number of benzene rings is 1. The van der Waals surface area contributed by atoms with Gasteiger partial charge in [-0.2, -0.15) is 0 Å². The van der Waals surface area contributed by atoms with E-state index in [1.807, 2.05) is 12.4 Å². The van der Waals surface area contributed by atoms with Gasteiger partial charge in [-0.3, -0.25) is 4.98 Å². The maximum atomic E-state index is 4.05. The maximum Gasteiger partial charge on any atom is 0.0326 e. The summed E-state index contributed by atoms with van der Waals surface area (Å²) in [5, 5.41) is 3.67. The number of aromatic nitrogens is 1. The average Bonchev–Trinajstić information content (AvgIpc) is 2.46. The zero-order chi connectivity index (χ0) is 12.2. The number of nitrogens with zero attached hydrogens (tertiary/aromatic N) is 1. The fourth-order valence-corrected chi connectivity index (χ4v) is 2.71. The molecule has 0 bridgehead atoms. The van der Waals surface area contributed by atoms with Crippen LogP contribution in [0.5, 0.6) is 0 Å². The molecular formula is C16H19ClN2. The van der Waals surface area contributed by atoms with Gasteiger partial charge in [0.25, 0.3) is 0 Å². The van der Waals surface area contributed by atoms with E-state index in [1.54, 1.807) is 0 Å². The Hall–Kier alpha value is -1.38. The molecule has 0 radical (unpaired) electrons. The minimum Gasteiger partial charge on any atom is -0.306 e. The molecule has 2 nitrogen and oxygen atoms in total. The Morgan fingerprint density at radius 3 is 2.74 bits per heavy atom. The summed E-state index contributed by atoms with van der Waals surface area (Å²) < 4.78 is 0. The molecular weight excluding hydrogens is 256 g/mol. The van der Waals surface area contributed by atoms with Crippen LogP contribution in [0.4, 0.5) is 0 Å². The molecule has 19 heavy (non-hydrogen) atoms. The molecule has 1 aliphatic carbocycles. The number of pyridine rings is 1. The molecule has 2 aromatic rings. The highest BCUT2D eigenvalue weighted by Gasteiger charge is 2.18. The largest absolute Gasteiger partial charge is 0.306 e. The summed E-state index contributed by atoms with van der Waals surface area (Å²) in [7, 11) is 0. The van der Waals surface area contributed by atoms with E-state index in [1.165, 1.54) is 36.0 Å². The van der Waals surface area contributed by atoms with Crippen LogP contribution in [0.3, 0.4) is 0 Å². The van der Waals surface area contributed by atoms with Crippen molar-refractivity contribution in [3.8, 4) is 0 Å². The fourth-order valence-electron chi connectivity index (χ4n) is 2.71. The number of fused-ring (bicyclic) bond motifs is 1. The molecule has 1 atom stereocenters. The van der Waals surface area contributed by atoms with E-state index in [0.717, 1.165) is 6.54 Å². The molecule has 0 saturated heterocycles. The fraction of sp³-hybridized carbons (Fsp3) is 0.312. The van der Waals surface area contributed by atoms with Crippen molar-refractivity contribution in [3.05, 3.63) is 65.5 Å². The molecule has 0 aliphatic heterocycles. The smallest absolute Gasteiger partial charge is 0.0326 e. The van der Waals surface area contributed by atoms with E-state index in [-0.39, 0.29) is 12.4 Å². The third-order valence-corrected chi connectivity index (χ3v) is 3.67. The van der Waals surface area contributed by atoms with Crippen LogP contribution in [0.1, 0.15) is 35.6 Å². The number of hydrogen-bond acceptors (Lipinski definition) is 2.